The molecule has 0 fully saturated rings. The van der Waals surface area contributed by atoms with Crippen LogP contribution in [0.2, 0.25) is 0 Å². The van der Waals surface area contributed by atoms with E-state index in [9.17, 15) is 9.59 Å². The number of carboxylic acid groups (broad SMARTS) is 1. The molecule has 0 aromatic carbocycles. The normalized spacial score (nSPS) is 11.2. The quantitative estimate of drug-likeness (QED) is 0.518. The van der Waals surface area contributed by atoms with Crippen LogP contribution < -0.4 is 5.73 Å². The highest BCUT2D eigenvalue weighted by Crippen LogP contribution is 2.18. The molecule has 0 unspecified atom stereocenters. The molecule has 0 aromatic heterocycles. The Labute approximate surface area is 103 Å². The molecule has 0 heterocycles. The molecule has 0 rings (SSSR count). The molecule has 4 N–H and O–H groups in total. The van der Waals surface area contributed by atoms with Gasteiger partial charge in [-0.1, -0.05) is 0 Å². The summed E-state index contributed by atoms with van der Waals surface area (Å²) >= 11 is 0. The summed E-state index contributed by atoms with van der Waals surface area (Å²) in [4.78, 5) is 21.7. The van der Waals surface area contributed by atoms with Crippen LogP contribution in [0.25, 0.3) is 0 Å². The zero-order valence-corrected chi connectivity index (χ0v) is 11.5. The van der Waals surface area contributed by atoms with Crippen LogP contribution in [0.15, 0.2) is 0 Å². The van der Waals surface area contributed by atoms with Crippen molar-refractivity contribution < 1.29 is 14.7 Å². The first kappa shape index (κ1) is 18.1. The Morgan fingerprint density at radius 3 is 1.65 bits per heavy atom. The molecule has 0 aromatic rings. The summed E-state index contributed by atoms with van der Waals surface area (Å²) in [6, 6.07) is 0. The monoisotopic (exact) mass is 244 g/mol. The predicted octanol–water partition coefficient (Wildman–Crippen LogP) is 1.84. The minimum absolute atomic E-state index is 0. The molecule has 0 aliphatic heterocycles. The highest BCUT2D eigenvalue weighted by molar-refractivity contribution is 6.10. The molecule has 17 heavy (non-hydrogen) atoms. The second-order valence-electron chi connectivity index (χ2n) is 5.68. The molecule has 0 spiro atoms. The largest absolute Gasteiger partial charge is 0.481 e. The van der Waals surface area contributed by atoms with Crippen molar-refractivity contribution in [3.63, 3.8) is 0 Å². The van der Waals surface area contributed by atoms with Gasteiger partial charge in [-0.05, 0) is 41.5 Å². The second kappa shape index (κ2) is 6.49. The van der Waals surface area contributed by atoms with Crippen molar-refractivity contribution in [2.24, 2.45) is 11.1 Å². The minimum atomic E-state index is -1.37. The number of hydrogen-bond acceptors (Lipinski definition) is 4. The predicted molar refractivity (Wildman–Crippen MR) is 68.4 cm³/mol. The summed E-state index contributed by atoms with van der Waals surface area (Å²) in [7, 11) is 0. The van der Waals surface area contributed by atoms with Crippen molar-refractivity contribution in [2.75, 3.05) is 0 Å². The van der Waals surface area contributed by atoms with Crippen LogP contribution in [0, 0.1) is 10.8 Å². The molecule has 0 radical (unpaired) electrons. The summed E-state index contributed by atoms with van der Waals surface area (Å²) < 4.78 is 0. The number of Topliss-reactive ketones (excluding diaryl/α,β-unsaturated/α-hetero) is 1. The smallest absolute Gasteiger partial charge is 0.316 e. The summed E-state index contributed by atoms with van der Waals surface area (Å²) in [5.41, 5.74) is 4.17. The van der Waals surface area contributed by atoms with E-state index in [2.05, 4.69) is 0 Å². The van der Waals surface area contributed by atoms with Gasteiger partial charge in [-0.25, -0.2) is 0 Å². The van der Waals surface area contributed by atoms with E-state index in [1.807, 2.05) is 20.8 Å². The fourth-order valence-electron chi connectivity index (χ4n) is 0.581. The number of nitrogens with one attached hydrogen (secondary N) is 1. The van der Waals surface area contributed by atoms with Crippen molar-refractivity contribution in [3.05, 3.63) is 0 Å². The lowest BCUT2D eigenvalue weighted by Gasteiger charge is -2.16. The summed E-state index contributed by atoms with van der Waals surface area (Å²) in [5, 5.41) is 15.7. The summed E-state index contributed by atoms with van der Waals surface area (Å²) in [5.74, 6) is -1.57. The molecule has 100 valence electrons. The maximum atomic E-state index is 11.2. The molecule has 0 atom stereocenters. The Balaban J connectivity index is 0. The lowest BCUT2D eigenvalue weighted by molar-refractivity contribution is -0.152. The zero-order chi connectivity index (χ0) is 14.4. The van der Waals surface area contributed by atoms with Crippen molar-refractivity contribution in [1.29, 1.82) is 5.41 Å². The number of nitrogens with two attached hydrogens (primary N) is 1. The van der Waals surface area contributed by atoms with Crippen molar-refractivity contribution in [1.82, 2.24) is 0 Å². The first-order valence-electron chi connectivity index (χ1n) is 5.38. The fourth-order valence-corrected chi connectivity index (χ4v) is 0.581. The Kier molecular flexibility index (Phi) is 6.93. The maximum Gasteiger partial charge on any atom is 0.316 e. The van der Waals surface area contributed by atoms with Gasteiger partial charge in [0.15, 0.2) is 5.78 Å². The van der Waals surface area contributed by atoms with Gasteiger partial charge in [0, 0.05) is 17.7 Å². The van der Waals surface area contributed by atoms with Crippen LogP contribution in [0.1, 0.15) is 48.0 Å². The van der Waals surface area contributed by atoms with E-state index in [1.54, 1.807) is 0 Å². The number of hydrogen-bond donors (Lipinski definition) is 3. The Morgan fingerprint density at radius 1 is 1.18 bits per heavy atom. The van der Waals surface area contributed by atoms with Gasteiger partial charge >= 0.3 is 5.97 Å². The van der Waals surface area contributed by atoms with Crippen LogP contribution in [0.4, 0.5) is 0 Å². The minimum Gasteiger partial charge on any atom is -0.481 e. The SMILES string of the molecule is CC(=N)CC(=O)C(C)(C)C(=O)O.CC(C)(C)N. The van der Waals surface area contributed by atoms with Crippen LogP contribution in [-0.2, 0) is 9.59 Å². The number of rotatable bonds is 4. The number of carbonyl (C=O) groups is 2. The van der Waals surface area contributed by atoms with Crippen LogP contribution in [-0.4, -0.2) is 28.1 Å². The third-order valence-corrected chi connectivity index (χ3v) is 1.66. The van der Waals surface area contributed by atoms with Gasteiger partial charge in [0.1, 0.15) is 5.41 Å². The van der Waals surface area contributed by atoms with E-state index >= 15 is 0 Å². The molecule has 0 bridgehead atoms. The van der Waals surface area contributed by atoms with E-state index in [4.69, 9.17) is 16.2 Å². The third kappa shape index (κ3) is 11.0. The molecular weight excluding hydrogens is 220 g/mol. The van der Waals surface area contributed by atoms with Gasteiger partial charge in [0.25, 0.3) is 0 Å². The van der Waals surface area contributed by atoms with Gasteiger partial charge in [-0.15, -0.1) is 0 Å². The second-order valence-corrected chi connectivity index (χ2v) is 5.68. The highest BCUT2D eigenvalue weighted by atomic mass is 16.4. The van der Waals surface area contributed by atoms with Crippen LogP contribution in [0.3, 0.4) is 0 Å². The molecular formula is C12H24N2O3. The number of carboxylic acids is 1. The van der Waals surface area contributed by atoms with Gasteiger partial charge in [0.05, 0.1) is 0 Å². The Morgan fingerprint density at radius 2 is 1.47 bits per heavy atom. The lowest BCUT2D eigenvalue weighted by atomic mass is 9.86. The van der Waals surface area contributed by atoms with Gasteiger partial charge < -0.3 is 16.2 Å². The van der Waals surface area contributed by atoms with Crippen LogP contribution >= 0.6 is 0 Å². The topological polar surface area (TPSA) is 104 Å². The summed E-state index contributed by atoms with van der Waals surface area (Å²) in [6.07, 6.45) is -0.0840. The maximum absolute atomic E-state index is 11.2. The van der Waals surface area contributed by atoms with Crippen molar-refractivity contribution in [2.45, 2.75) is 53.5 Å². The number of aliphatic carboxylic acids is 1. The van der Waals surface area contributed by atoms with Gasteiger partial charge in [-0.2, -0.15) is 0 Å². The standard InChI is InChI=1S/C8H13NO3.C4H11N/c1-5(9)4-6(10)8(2,3)7(11)12;1-4(2,3)5/h9H,4H2,1-3H3,(H,11,12);5H2,1-3H3. The van der Waals surface area contributed by atoms with Crippen LogP contribution in [0.5, 0.6) is 0 Å². The first-order valence-corrected chi connectivity index (χ1v) is 5.38. The average Bonchev–Trinajstić information content (AvgIpc) is 1.98. The lowest BCUT2D eigenvalue weighted by Crippen LogP contribution is -2.34. The van der Waals surface area contributed by atoms with Gasteiger partial charge in [-0.3, -0.25) is 9.59 Å². The van der Waals surface area contributed by atoms with Gasteiger partial charge in [0.2, 0.25) is 0 Å². The molecule has 0 aliphatic carbocycles. The average molecular weight is 244 g/mol. The Bertz CT molecular complexity index is 295. The molecule has 5 nitrogen and oxygen atoms in total. The molecule has 0 saturated carbocycles. The van der Waals surface area contributed by atoms with E-state index in [-0.39, 0.29) is 17.7 Å². The van der Waals surface area contributed by atoms with Crippen molar-refractivity contribution in [3.8, 4) is 0 Å². The number of ketones is 1. The zero-order valence-electron chi connectivity index (χ0n) is 11.5. The molecule has 5 heteroatoms. The van der Waals surface area contributed by atoms with E-state index < -0.39 is 17.2 Å². The number of carbonyl (C=O) groups excluding carboxylic acids is 1. The Hall–Kier alpha value is -1.23. The summed E-state index contributed by atoms with van der Waals surface area (Å²) in [6.45, 7) is 10.1. The van der Waals surface area contributed by atoms with Crippen molar-refractivity contribution >= 4 is 17.5 Å². The third-order valence-electron chi connectivity index (χ3n) is 1.66. The van der Waals surface area contributed by atoms with E-state index in [0.29, 0.717) is 0 Å². The van der Waals surface area contributed by atoms with E-state index in [0.717, 1.165) is 0 Å². The highest BCUT2D eigenvalue weighted by Gasteiger charge is 2.35. The van der Waals surface area contributed by atoms with E-state index in [1.165, 1.54) is 20.8 Å². The molecule has 0 amide bonds. The first-order chi connectivity index (χ1) is 7.28. The molecule has 0 saturated heterocycles. The molecule has 0 aliphatic rings. The fraction of sp³-hybridized carbons (Fsp3) is 0.750.